The van der Waals surface area contributed by atoms with Crippen LogP contribution in [0.3, 0.4) is 0 Å². The topological polar surface area (TPSA) is 40.5 Å². The molecule has 4 aliphatic carbocycles. The summed E-state index contributed by atoms with van der Waals surface area (Å²) in [6.07, 6.45) is 21.5. The van der Waals surface area contributed by atoms with Gasteiger partial charge in [-0.1, -0.05) is 0 Å². The van der Waals surface area contributed by atoms with Crippen LogP contribution in [0.25, 0.3) is 0 Å². The first kappa shape index (κ1) is 22.3. The molecule has 4 aliphatic rings. The molecule has 26 heavy (non-hydrogen) atoms. The number of hydrogen-bond donors (Lipinski definition) is 2. The molecule has 4 rings (SSSR count). The Bertz CT molecular complexity index is 652. The van der Waals surface area contributed by atoms with Gasteiger partial charge in [0.2, 0.25) is 0 Å². The van der Waals surface area contributed by atoms with Gasteiger partial charge in [0.15, 0.2) is 0 Å². The maximum atomic E-state index is 7.00. The molecule has 0 aromatic heterocycles. The second-order valence-electron chi connectivity index (χ2n) is 9.13. The molecule has 0 fully saturated rings. The van der Waals surface area contributed by atoms with E-state index in [0.29, 0.717) is 0 Å². The van der Waals surface area contributed by atoms with Gasteiger partial charge in [-0.25, -0.2) is 0 Å². The van der Waals surface area contributed by atoms with Crippen molar-refractivity contribution in [3.05, 3.63) is 46.6 Å². The Morgan fingerprint density at radius 1 is 0.731 bits per heavy atom. The monoisotopic (exact) mass is 452 g/mol. The summed E-state index contributed by atoms with van der Waals surface area (Å²) in [7, 11) is 2.00. The van der Waals surface area contributed by atoms with Gasteiger partial charge in [0.25, 0.3) is 0 Å². The van der Waals surface area contributed by atoms with Gasteiger partial charge in [-0.2, -0.15) is 0 Å². The van der Waals surface area contributed by atoms with Gasteiger partial charge in [-0.3, -0.25) is 0 Å². The molecule has 0 bridgehead atoms. The third-order valence-electron chi connectivity index (χ3n) is 6.88. The third kappa shape index (κ3) is 4.04. The third-order valence-corrected chi connectivity index (χ3v) is 24.8. The Labute approximate surface area is 162 Å². The van der Waals surface area contributed by atoms with Gasteiger partial charge >= 0.3 is 139 Å². The molecule has 0 spiro atoms. The summed E-state index contributed by atoms with van der Waals surface area (Å²) >= 11 is -2.85. The first-order chi connectivity index (χ1) is 12.5. The summed E-state index contributed by atoms with van der Waals surface area (Å²) in [5.74, 6) is 0. The van der Waals surface area contributed by atoms with E-state index < -0.39 is 17.4 Å². The molecular formula is C22H38O2SiZr. The molecule has 0 saturated carbocycles. The number of aliphatic hydroxyl groups excluding tert-OH is 2. The van der Waals surface area contributed by atoms with Crippen molar-refractivity contribution in [2.75, 3.05) is 14.2 Å². The number of rotatable bonds is 2. The SMILES string of the molecule is CO.CO.[CH3][Zr]([CH3])(=[SiH2])([CH]1C=CC2=C1CCCC2)[CH]1C=CC2=C1CCCC2. The quantitative estimate of drug-likeness (QED) is 0.578. The van der Waals surface area contributed by atoms with Gasteiger partial charge < -0.3 is 10.2 Å². The average molecular weight is 454 g/mol. The molecule has 2 unspecified atom stereocenters. The Hall–Kier alpha value is -0.0200. The van der Waals surface area contributed by atoms with E-state index in [0.717, 1.165) is 21.5 Å². The van der Waals surface area contributed by atoms with E-state index in [2.05, 4.69) is 40.4 Å². The minimum atomic E-state index is -2.85. The molecule has 146 valence electrons. The van der Waals surface area contributed by atoms with E-state index >= 15 is 0 Å². The molecule has 0 aromatic rings. The van der Waals surface area contributed by atoms with Gasteiger partial charge in [0.05, 0.1) is 0 Å². The van der Waals surface area contributed by atoms with Crippen LogP contribution in [0.5, 0.6) is 0 Å². The van der Waals surface area contributed by atoms with E-state index in [1.165, 1.54) is 51.4 Å². The average Bonchev–Trinajstić information content (AvgIpc) is 3.30. The summed E-state index contributed by atoms with van der Waals surface area (Å²) in [5, 5.41) is 14.0. The normalized spacial score (nSPS) is 27.3. The van der Waals surface area contributed by atoms with E-state index in [1.54, 1.807) is 11.1 Å². The second kappa shape index (κ2) is 8.99. The van der Waals surface area contributed by atoms with Crippen LogP contribution < -0.4 is 0 Å². The van der Waals surface area contributed by atoms with Crippen LogP contribution in [0, 0.1) is 0 Å². The summed E-state index contributed by atoms with van der Waals surface area (Å²) in [6.45, 7) is 2.49. The van der Waals surface area contributed by atoms with Crippen molar-refractivity contribution >= 4 is 6.88 Å². The Kier molecular flexibility index (Phi) is 7.70. The zero-order valence-electron chi connectivity index (χ0n) is 17.2. The van der Waals surface area contributed by atoms with E-state index in [-0.39, 0.29) is 0 Å². The van der Waals surface area contributed by atoms with Crippen LogP contribution in [0.4, 0.5) is 0 Å². The van der Waals surface area contributed by atoms with Gasteiger partial charge in [-0.05, 0) is 0 Å². The van der Waals surface area contributed by atoms with Crippen LogP contribution in [-0.4, -0.2) is 31.3 Å². The van der Waals surface area contributed by atoms with Crippen LogP contribution in [0.1, 0.15) is 51.4 Å². The predicted molar refractivity (Wildman–Crippen MR) is 113 cm³/mol. The minimum absolute atomic E-state index is 0.846. The number of hydrogen-bond acceptors (Lipinski definition) is 2. The fraction of sp³-hybridized carbons (Fsp3) is 0.636. The number of aliphatic hydroxyl groups is 2. The van der Waals surface area contributed by atoms with Crippen molar-refractivity contribution in [2.24, 2.45) is 0 Å². The molecule has 0 radical (unpaired) electrons. The van der Waals surface area contributed by atoms with Crippen molar-refractivity contribution < 1.29 is 27.6 Å². The Morgan fingerprint density at radius 3 is 1.46 bits per heavy atom. The second-order valence-corrected chi connectivity index (χ2v) is 39.8. The fourth-order valence-corrected chi connectivity index (χ4v) is 21.9. The van der Waals surface area contributed by atoms with Gasteiger partial charge in [-0.15, -0.1) is 0 Å². The molecule has 4 heteroatoms. The first-order valence-electron chi connectivity index (χ1n) is 10.2. The van der Waals surface area contributed by atoms with Crippen molar-refractivity contribution in [1.82, 2.24) is 0 Å². The molecule has 0 saturated heterocycles. The zero-order chi connectivity index (χ0) is 19.4. The Morgan fingerprint density at radius 2 is 1.08 bits per heavy atom. The summed E-state index contributed by atoms with van der Waals surface area (Å²) in [5.41, 5.74) is 7.20. The van der Waals surface area contributed by atoms with E-state index in [1.807, 2.05) is 11.1 Å². The van der Waals surface area contributed by atoms with E-state index in [9.17, 15) is 0 Å². The molecule has 0 heterocycles. The molecule has 0 amide bonds. The Balaban J connectivity index is 0.000000570. The van der Waals surface area contributed by atoms with Crippen molar-refractivity contribution in [2.45, 2.75) is 67.9 Å². The maximum absolute atomic E-state index is 7.00. The summed E-state index contributed by atoms with van der Waals surface area (Å²) in [6, 6.07) is 0. The zero-order valence-corrected chi connectivity index (χ0v) is 21.1. The van der Waals surface area contributed by atoms with Gasteiger partial charge in [0, 0.05) is 14.2 Å². The molecule has 0 aromatic carbocycles. The van der Waals surface area contributed by atoms with Crippen LogP contribution >= 0.6 is 0 Å². The van der Waals surface area contributed by atoms with Crippen LogP contribution in [0.15, 0.2) is 46.6 Å². The summed E-state index contributed by atoms with van der Waals surface area (Å²) < 4.78 is 7.22. The number of allylic oxidation sites excluding steroid dienone is 8. The molecule has 2 N–H and O–H groups in total. The molecule has 2 atom stereocenters. The van der Waals surface area contributed by atoms with Crippen molar-refractivity contribution in [3.63, 3.8) is 0 Å². The van der Waals surface area contributed by atoms with Gasteiger partial charge in [0.1, 0.15) is 0 Å². The van der Waals surface area contributed by atoms with Crippen LogP contribution in [0.2, 0.25) is 16.5 Å². The fourth-order valence-electron chi connectivity index (χ4n) is 5.62. The van der Waals surface area contributed by atoms with Crippen LogP contribution in [-0.2, 0) is 17.4 Å². The molecule has 0 aliphatic heterocycles. The standard InChI is InChI=1S/2C9H11.2CH4O.2CH3.H2Si.Zr/c2*1-2-5-9-7-3-6-8(9)4-1;2*1-2;;;;/h2*3,6-7H,1-2,4-5H2;2*2H,1H3;2*1H3;1H2;. The summed E-state index contributed by atoms with van der Waals surface area (Å²) in [4.78, 5) is 0. The molecular weight excluding hydrogens is 416 g/mol. The predicted octanol–water partition coefficient (Wildman–Crippen LogP) is 5.00. The van der Waals surface area contributed by atoms with Crippen molar-refractivity contribution in [1.29, 1.82) is 0 Å². The van der Waals surface area contributed by atoms with E-state index in [4.69, 9.17) is 10.2 Å². The van der Waals surface area contributed by atoms with Crippen molar-refractivity contribution in [3.8, 4) is 0 Å². The molecule has 2 nitrogen and oxygen atoms in total. The first-order valence-corrected chi connectivity index (χ1v) is 23.9.